The van der Waals surface area contributed by atoms with Gasteiger partial charge in [-0.15, -0.1) is 12.4 Å². The fraction of sp³-hybridized carbons (Fsp3) is 0.357. The summed E-state index contributed by atoms with van der Waals surface area (Å²) >= 11 is 0. The molecule has 0 aliphatic carbocycles. The zero-order valence-corrected chi connectivity index (χ0v) is 19.7. The highest BCUT2D eigenvalue weighted by Crippen LogP contribution is 2.38. The lowest BCUT2D eigenvalue weighted by molar-refractivity contribution is 0.163. The number of halogens is 1. The van der Waals surface area contributed by atoms with Crippen LogP contribution >= 0.6 is 12.4 Å². The Labute approximate surface area is 202 Å². The second-order valence-electron chi connectivity index (χ2n) is 8.70. The number of hydrogen-bond acceptors (Lipinski definition) is 4. The molecule has 0 aromatic heterocycles. The van der Waals surface area contributed by atoms with Crippen LogP contribution in [0.4, 0.5) is 0 Å². The van der Waals surface area contributed by atoms with E-state index in [1.54, 1.807) is 0 Å². The molecule has 0 unspecified atom stereocenters. The highest BCUT2D eigenvalue weighted by molar-refractivity contribution is 5.85. The second kappa shape index (κ2) is 11.4. The molecule has 3 aromatic carbocycles. The molecule has 2 aliphatic heterocycles. The van der Waals surface area contributed by atoms with E-state index in [-0.39, 0.29) is 12.4 Å². The van der Waals surface area contributed by atoms with Gasteiger partial charge in [0.05, 0.1) is 6.61 Å². The van der Waals surface area contributed by atoms with Crippen LogP contribution in [-0.4, -0.2) is 37.9 Å². The lowest BCUT2D eigenvalue weighted by atomic mass is 9.76. The summed E-state index contributed by atoms with van der Waals surface area (Å²) in [4.78, 5) is 2.59. The van der Waals surface area contributed by atoms with Crippen LogP contribution in [0.3, 0.4) is 0 Å². The van der Waals surface area contributed by atoms with Gasteiger partial charge in [0.2, 0.25) is 6.79 Å². The van der Waals surface area contributed by atoms with Crippen molar-refractivity contribution in [2.24, 2.45) is 5.92 Å². The van der Waals surface area contributed by atoms with Gasteiger partial charge in [0.1, 0.15) is 5.75 Å². The highest BCUT2D eigenvalue weighted by Gasteiger charge is 2.28. The summed E-state index contributed by atoms with van der Waals surface area (Å²) in [6, 6.07) is 27.8. The number of piperidine rings is 1. The molecule has 1 saturated heterocycles. The van der Waals surface area contributed by atoms with E-state index in [4.69, 9.17) is 14.2 Å². The number of ether oxygens (including phenoxy) is 3. The monoisotopic (exact) mass is 465 g/mol. The van der Waals surface area contributed by atoms with Gasteiger partial charge in [0.25, 0.3) is 0 Å². The van der Waals surface area contributed by atoms with Crippen molar-refractivity contribution in [3.8, 4) is 17.2 Å². The molecule has 1 fully saturated rings. The largest absolute Gasteiger partial charge is 0.493 e. The Bertz CT molecular complexity index is 951. The fourth-order valence-electron chi connectivity index (χ4n) is 5.01. The van der Waals surface area contributed by atoms with Gasteiger partial charge in [-0.25, -0.2) is 0 Å². The molecule has 0 spiro atoms. The Hall–Kier alpha value is -2.69. The summed E-state index contributed by atoms with van der Waals surface area (Å²) in [5, 5.41) is 0. The van der Waals surface area contributed by atoms with Crippen molar-refractivity contribution in [3.05, 3.63) is 90.0 Å². The second-order valence-corrected chi connectivity index (χ2v) is 8.70. The van der Waals surface area contributed by atoms with Gasteiger partial charge in [-0.1, -0.05) is 60.7 Å². The topological polar surface area (TPSA) is 30.9 Å². The minimum atomic E-state index is 0. The molecule has 5 rings (SSSR count). The molecule has 0 radical (unpaired) electrons. The molecule has 33 heavy (non-hydrogen) atoms. The molecule has 4 nitrogen and oxygen atoms in total. The SMILES string of the molecule is Cl.c1ccc(C(c2ccccc2)C2CCN(CCCOc3ccc4c(c3)OCO4)CC2)cc1. The van der Waals surface area contributed by atoms with E-state index in [0.717, 1.165) is 49.9 Å². The first kappa shape index (κ1) is 23.5. The number of hydrogen-bond donors (Lipinski definition) is 0. The van der Waals surface area contributed by atoms with Gasteiger partial charge in [-0.3, -0.25) is 0 Å². The van der Waals surface area contributed by atoms with Crippen LogP contribution in [0.25, 0.3) is 0 Å². The molecule has 3 aromatic rings. The van der Waals surface area contributed by atoms with Crippen molar-refractivity contribution < 1.29 is 14.2 Å². The molecule has 0 saturated carbocycles. The normalized spacial score (nSPS) is 15.9. The van der Waals surface area contributed by atoms with Crippen molar-refractivity contribution in [1.29, 1.82) is 0 Å². The summed E-state index contributed by atoms with van der Waals surface area (Å²) in [7, 11) is 0. The highest BCUT2D eigenvalue weighted by atomic mass is 35.5. The maximum absolute atomic E-state index is 5.94. The number of likely N-dealkylation sites (tertiary alicyclic amines) is 1. The summed E-state index contributed by atoms with van der Waals surface area (Å²) in [5.41, 5.74) is 2.88. The molecule has 0 atom stereocenters. The summed E-state index contributed by atoms with van der Waals surface area (Å²) in [6.45, 7) is 4.41. The number of benzene rings is 3. The molecule has 5 heteroatoms. The van der Waals surface area contributed by atoms with Crippen LogP contribution in [-0.2, 0) is 0 Å². The van der Waals surface area contributed by atoms with E-state index in [9.17, 15) is 0 Å². The average Bonchev–Trinajstić information content (AvgIpc) is 3.32. The first-order valence-electron chi connectivity index (χ1n) is 11.7. The Kier molecular flexibility index (Phi) is 8.14. The first-order valence-corrected chi connectivity index (χ1v) is 11.7. The standard InChI is InChI=1S/C28H31NO3.ClH/c1-3-8-22(9-4-1)28(23-10-5-2-6-11-23)24-14-17-29(18-15-24)16-7-19-30-25-12-13-26-27(20-25)32-21-31-26;/h1-6,8-13,20,24,28H,7,14-19,21H2;1H. The number of nitrogens with zero attached hydrogens (tertiary/aromatic N) is 1. The molecule has 2 aliphatic rings. The fourth-order valence-corrected chi connectivity index (χ4v) is 5.01. The van der Waals surface area contributed by atoms with Crippen molar-refractivity contribution >= 4 is 12.4 Å². The molecular weight excluding hydrogens is 434 g/mol. The minimum absolute atomic E-state index is 0. The molecule has 0 amide bonds. The van der Waals surface area contributed by atoms with Crippen LogP contribution < -0.4 is 14.2 Å². The first-order chi connectivity index (χ1) is 15.9. The Balaban J connectivity index is 0.00000259. The maximum Gasteiger partial charge on any atom is 0.231 e. The Morgan fingerprint density at radius 2 is 1.45 bits per heavy atom. The van der Waals surface area contributed by atoms with Crippen LogP contribution in [0.1, 0.15) is 36.3 Å². The van der Waals surface area contributed by atoms with Crippen LogP contribution in [0.15, 0.2) is 78.9 Å². The molecule has 174 valence electrons. The zero-order chi connectivity index (χ0) is 21.6. The number of rotatable bonds is 8. The van der Waals surface area contributed by atoms with E-state index >= 15 is 0 Å². The third kappa shape index (κ3) is 5.82. The van der Waals surface area contributed by atoms with Crippen LogP contribution in [0.2, 0.25) is 0 Å². The quantitative estimate of drug-likeness (QED) is 0.373. The van der Waals surface area contributed by atoms with E-state index in [2.05, 4.69) is 65.6 Å². The minimum Gasteiger partial charge on any atom is -0.493 e. The van der Waals surface area contributed by atoms with Gasteiger partial charge in [0.15, 0.2) is 11.5 Å². The molecular formula is C28H32ClNO3. The molecule has 0 N–H and O–H groups in total. The predicted octanol–water partition coefficient (Wildman–Crippen LogP) is 6.15. The third-order valence-electron chi connectivity index (χ3n) is 6.65. The van der Waals surface area contributed by atoms with E-state index < -0.39 is 0 Å². The van der Waals surface area contributed by atoms with Gasteiger partial charge in [-0.05, 0) is 61.5 Å². The smallest absolute Gasteiger partial charge is 0.231 e. The lowest BCUT2D eigenvalue weighted by Crippen LogP contribution is -2.36. The van der Waals surface area contributed by atoms with E-state index in [1.165, 1.54) is 24.0 Å². The van der Waals surface area contributed by atoms with Crippen LogP contribution in [0, 0.1) is 5.92 Å². The van der Waals surface area contributed by atoms with Crippen molar-refractivity contribution in [2.45, 2.75) is 25.2 Å². The van der Waals surface area contributed by atoms with E-state index in [1.807, 2.05) is 18.2 Å². The summed E-state index contributed by atoms with van der Waals surface area (Å²) in [6.07, 6.45) is 3.49. The number of fused-ring (bicyclic) bond motifs is 1. The maximum atomic E-state index is 5.94. The van der Waals surface area contributed by atoms with Gasteiger partial charge >= 0.3 is 0 Å². The average molecular weight is 466 g/mol. The van der Waals surface area contributed by atoms with Crippen molar-refractivity contribution in [3.63, 3.8) is 0 Å². The lowest BCUT2D eigenvalue weighted by Gasteiger charge is -2.36. The van der Waals surface area contributed by atoms with Crippen LogP contribution in [0.5, 0.6) is 17.2 Å². The third-order valence-corrected chi connectivity index (χ3v) is 6.65. The summed E-state index contributed by atoms with van der Waals surface area (Å²) < 4.78 is 16.7. The predicted molar refractivity (Wildman–Crippen MR) is 134 cm³/mol. The zero-order valence-electron chi connectivity index (χ0n) is 18.9. The van der Waals surface area contributed by atoms with E-state index in [0.29, 0.717) is 18.6 Å². The molecule has 0 bridgehead atoms. The van der Waals surface area contributed by atoms with Gasteiger partial charge in [0, 0.05) is 18.5 Å². The van der Waals surface area contributed by atoms with Gasteiger partial charge < -0.3 is 19.1 Å². The van der Waals surface area contributed by atoms with Gasteiger partial charge in [-0.2, -0.15) is 0 Å². The summed E-state index contributed by atoms with van der Waals surface area (Å²) in [5.74, 6) is 3.58. The molecule has 2 heterocycles. The Morgan fingerprint density at radius 1 is 0.818 bits per heavy atom. The van der Waals surface area contributed by atoms with Crippen molar-refractivity contribution in [2.75, 3.05) is 33.0 Å². The van der Waals surface area contributed by atoms with Crippen molar-refractivity contribution in [1.82, 2.24) is 4.90 Å². The Morgan fingerprint density at radius 3 is 2.12 bits per heavy atom.